The van der Waals surface area contributed by atoms with Crippen LogP contribution in [-0.4, -0.2) is 23.1 Å². The van der Waals surface area contributed by atoms with Gasteiger partial charge in [-0.05, 0) is 48.7 Å². The number of hydrogen-bond acceptors (Lipinski definition) is 7. The number of pyridine rings is 1. The zero-order chi connectivity index (χ0) is 22.3. The van der Waals surface area contributed by atoms with Crippen molar-refractivity contribution in [3.8, 4) is 11.1 Å². The van der Waals surface area contributed by atoms with E-state index in [2.05, 4.69) is 10.3 Å². The average Bonchev–Trinajstić information content (AvgIpc) is 2.79. The van der Waals surface area contributed by atoms with Crippen LogP contribution in [0.15, 0.2) is 73.1 Å². The van der Waals surface area contributed by atoms with E-state index in [0.717, 1.165) is 11.1 Å². The fourth-order valence-electron chi connectivity index (χ4n) is 3.16. The van der Waals surface area contributed by atoms with Crippen LogP contribution in [0, 0.1) is 10.1 Å². The van der Waals surface area contributed by atoms with Gasteiger partial charge in [-0.3, -0.25) is 19.7 Å². The molecule has 0 aliphatic carbocycles. The van der Waals surface area contributed by atoms with Crippen molar-refractivity contribution in [3.05, 3.63) is 88.7 Å². The Morgan fingerprint density at radius 1 is 1.00 bits per heavy atom. The van der Waals surface area contributed by atoms with E-state index in [1.807, 2.05) is 36.4 Å². The highest BCUT2D eigenvalue weighted by Gasteiger charge is 2.37. The molecule has 2 aromatic carbocycles. The predicted octanol–water partition coefficient (Wildman–Crippen LogP) is 6.03. The van der Waals surface area contributed by atoms with Crippen molar-refractivity contribution in [2.45, 2.75) is 19.6 Å². The van der Waals surface area contributed by atoms with Gasteiger partial charge in [0.05, 0.1) is 18.1 Å². The molecule has 1 atom stereocenters. The predicted molar refractivity (Wildman–Crippen MR) is 120 cm³/mol. The molecule has 0 saturated carbocycles. The third kappa shape index (κ3) is 5.55. The molecule has 0 bridgehead atoms. The molecular formula is C22H24N3O5P. The molecule has 162 valence electrons. The molecule has 0 fully saturated rings. The average molecular weight is 441 g/mol. The summed E-state index contributed by atoms with van der Waals surface area (Å²) in [6.45, 7) is 3.87. The monoisotopic (exact) mass is 441 g/mol. The van der Waals surface area contributed by atoms with Crippen molar-refractivity contribution >= 4 is 19.0 Å². The summed E-state index contributed by atoms with van der Waals surface area (Å²) < 4.78 is 24.8. The number of anilines is 1. The summed E-state index contributed by atoms with van der Waals surface area (Å²) in [5, 5.41) is 14.3. The number of nitrogens with zero attached hydrogens (tertiary/aromatic N) is 2. The Balaban J connectivity index is 2.00. The Kier molecular flexibility index (Phi) is 7.52. The minimum atomic E-state index is -3.63. The van der Waals surface area contributed by atoms with Crippen LogP contribution in [0.3, 0.4) is 0 Å². The Labute approximate surface area is 180 Å². The number of hydrogen-bond donors (Lipinski definition) is 1. The van der Waals surface area contributed by atoms with E-state index in [1.54, 1.807) is 38.4 Å². The largest absolute Gasteiger partial charge is 0.368 e. The number of rotatable bonds is 10. The summed E-state index contributed by atoms with van der Waals surface area (Å²) in [7, 11) is -3.63. The van der Waals surface area contributed by atoms with Gasteiger partial charge >= 0.3 is 7.60 Å². The van der Waals surface area contributed by atoms with E-state index in [9.17, 15) is 14.7 Å². The molecule has 0 radical (unpaired) electrons. The van der Waals surface area contributed by atoms with Crippen LogP contribution in [0.1, 0.15) is 25.2 Å². The number of benzene rings is 2. The lowest BCUT2D eigenvalue weighted by Gasteiger charge is -2.28. The molecule has 8 nitrogen and oxygen atoms in total. The molecule has 9 heteroatoms. The van der Waals surface area contributed by atoms with E-state index in [1.165, 1.54) is 12.1 Å². The van der Waals surface area contributed by atoms with Crippen molar-refractivity contribution < 1.29 is 18.5 Å². The van der Waals surface area contributed by atoms with Crippen molar-refractivity contribution in [2.24, 2.45) is 0 Å². The van der Waals surface area contributed by atoms with Gasteiger partial charge in [0.1, 0.15) is 0 Å². The Morgan fingerprint density at radius 3 is 2.19 bits per heavy atom. The second kappa shape index (κ2) is 10.3. The van der Waals surface area contributed by atoms with Gasteiger partial charge in [-0.2, -0.15) is 0 Å². The van der Waals surface area contributed by atoms with Crippen LogP contribution < -0.4 is 5.32 Å². The zero-order valence-electron chi connectivity index (χ0n) is 17.3. The lowest BCUT2D eigenvalue weighted by molar-refractivity contribution is -0.384. The highest BCUT2D eigenvalue weighted by atomic mass is 31.2. The lowest BCUT2D eigenvalue weighted by atomic mass is 10.1. The highest BCUT2D eigenvalue weighted by Crippen LogP contribution is 2.60. The van der Waals surface area contributed by atoms with E-state index in [-0.39, 0.29) is 18.9 Å². The van der Waals surface area contributed by atoms with Crippen LogP contribution in [0.5, 0.6) is 0 Å². The quantitative estimate of drug-likeness (QED) is 0.233. The molecule has 0 aliphatic heterocycles. The molecular weight excluding hydrogens is 417 g/mol. The summed E-state index contributed by atoms with van der Waals surface area (Å²) >= 11 is 0. The summed E-state index contributed by atoms with van der Waals surface area (Å²) in [6, 6.07) is 17.3. The van der Waals surface area contributed by atoms with Gasteiger partial charge in [-0.1, -0.05) is 30.3 Å². The van der Waals surface area contributed by atoms with Crippen LogP contribution in [0.25, 0.3) is 11.1 Å². The summed E-state index contributed by atoms with van der Waals surface area (Å²) in [5.74, 6) is -0.846. The minimum absolute atomic E-state index is 0.0700. The first-order chi connectivity index (χ1) is 15.0. The number of aromatic nitrogens is 1. The molecule has 31 heavy (non-hydrogen) atoms. The van der Waals surface area contributed by atoms with Crippen molar-refractivity contribution in [3.63, 3.8) is 0 Å². The zero-order valence-corrected chi connectivity index (χ0v) is 18.2. The SMILES string of the molecule is CCOP(=O)(OCC)C(Nc1cccc([N+](=O)[O-])c1)c1ccc(-c2ccncc2)cc1. The molecule has 3 rings (SSSR count). The first-order valence-corrected chi connectivity index (χ1v) is 11.5. The molecule has 0 amide bonds. The van der Waals surface area contributed by atoms with Crippen molar-refractivity contribution in [2.75, 3.05) is 18.5 Å². The summed E-state index contributed by atoms with van der Waals surface area (Å²) in [4.78, 5) is 14.7. The highest BCUT2D eigenvalue weighted by molar-refractivity contribution is 7.54. The Bertz CT molecular complexity index is 1050. The number of nitrogens with one attached hydrogen (secondary N) is 1. The molecule has 3 aromatic rings. The van der Waals surface area contributed by atoms with Gasteiger partial charge < -0.3 is 14.4 Å². The first-order valence-electron chi connectivity index (χ1n) is 9.87. The summed E-state index contributed by atoms with van der Waals surface area (Å²) in [6.07, 6.45) is 3.43. The molecule has 1 heterocycles. The second-order valence-electron chi connectivity index (χ2n) is 6.59. The van der Waals surface area contributed by atoms with E-state index in [0.29, 0.717) is 11.3 Å². The van der Waals surface area contributed by atoms with E-state index >= 15 is 0 Å². The first kappa shape index (κ1) is 22.6. The fourth-order valence-corrected chi connectivity index (χ4v) is 5.10. The Hall–Kier alpha value is -3.06. The van der Waals surface area contributed by atoms with Gasteiger partial charge in [0.25, 0.3) is 5.69 Å². The second-order valence-corrected chi connectivity index (χ2v) is 8.70. The molecule has 0 saturated heterocycles. The molecule has 1 N–H and O–H groups in total. The number of nitro benzene ring substituents is 1. The van der Waals surface area contributed by atoms with Gasteiger partial charge in [-0.25, -0.2) is 0 Å². The van der Waals surface area contributed by atoms with Crippen LogP contribution in [0.2, 0.25) is 0 Å². The van der Waals surface area contributed by atoms with Gasteiger partial charge in [0, 0.05) is 30.2 Å². The standard InChI is InChI=1S/C22H24N3O5P/c1-3-29-31(28,30-4-2)22(24-20-6-5-7-21(16-20)25(26)27)19-10-8-17(9-11-19)18-12-14-23-15-13-18/h5-16,22,24H,3-4H2,1-2H3. The fraction of sp³-hybridized carbons (Fsp3) is 0.227. The number of non-ortho nitro benzene ring substituents is 1. The smallest absolute Gasteiger partial charge is 0.357 e. The maximum atomic E-state index is 13.6. The van der Waals surface area contributed by atoms with Crippen LogP contribution in [-0.2, 0) is 13.6 Å². The third-order valence-electron chi connectivity index (χ3n) is 4.53. The maximum absolute atomic E-state index is 13.6. The van der Waals surface area contributed by atoms with Gasteiger partial charge in [-0.15, -0.1) is 0 Å². The van der Waals surface area contributed by atoms with Gasteiger partial charge in [0.15, 0.2) is 5.78 Å². The number of nitro groups is 1. The van der Waals surface area contributed by atoms with Crippen molar-refractivity contribution in [1.29, 1.82) is 0 Å². The normalized spacial score (nSPS) is 12.3. The lowest BCUT2D eigenvalue weighted by Crippen LogP contribution is -2.15. The van der Waals surface area contributed by atoms with Crippen LogP contribution >= 0.6 is 7.60 Å². The summed E-state index contributed by atoms with van der Waals surface area (Å²) in [5.41, 5.74) is 3.02. The Morgan fingerprint density at radius 2 is 1.61 bits per heavy atom. The molecule has 0 spiro atoms. The van der Waals surface area contributed by atoms with E-state index < -0.39 is 18.3 Å². The maximum Gasteiger partial charge on any atom is 0.357 e. The van der Waals surface area contributed by atoms with E-state index in [4.69, 9.17) is 9.05 Å². The molecule has 1 unspecified atom stereocenters. The molecule has 0 aliphatic rings. The molecule has 1 aromatic heterocycles. The van der Waals surface area contributed by atoms with Crippen molar-refractivity contribution in [1.82, 2.24) is 4.98 Å². The topological polar surface area (TPSA) is 104 Å². The van der Waals surface area contributed by atoms with Gasteiger partial charge in [0.2, 0.25) is 0 Å². The minimum Gasteiger partial charge on any atom is -0.368 e. The third-order valence-corrected chi connectivity index (χ3v) is 6.83. The van der Waals surface area contributed by atoms with Crippen LogP contribution in [0.4, 0.5) is 11.4 Å².